The van der Waals surface area contributed by atoms with Crippen molar-refractivity contribution in [2.75, 3.05) is 26.2 Å². The second-order valence-electron chi connectivity index (χ2n) is 4.84. The van der Waals surface area contributed by atoms with E-state index in [0.717, 1.165) is 49.8 Å². The van der Waals surface area contributed by atoms with E-state index < -0.39 is 0 Å². The summed E-state index contributed by atoms with van der Waals surface area (Å²) in [7, 11) is 1.88. The van der Waals surface area contributed by atoms with Gasteiger partial charge in [-0.05, 0) is 6.92 Å². The lowest BCUT2D eigenvalue weighted by atomic mass is 10.3. The van der Waals surface area contributed by atoms with Crippen molar-refractivity contribution in [1.29, 1.82) is 0 Å². The third-order valence-corrected chi connectivity index (χ3v) is 3.29. The predicted molar refractivity (Wildman–Crippen MR) is 69.4 cm³/mol. The highest BCUT2D eigenvalue weighted by Crippen LogP contribution is 2.20. The summed E-state index contributed by atoms with van der Waals surface area (Å²) in [6.45, 7) is 6.77. The van der Waals surface area contributed by atoms with Gasteiger partial charge in [0.1, 0.15) is 0 Å². The van der Waals surface area contributed by atoms with Gasteiger partial charge in [0, 0.05) is 39.4 Å². The Bertz CT molecular complexity index is 554. The minimum Gasteiger partial charge on any atom is -0.334 e. The molecule has 0 atom stereocenters. The van der Waals surface area contributed by atoms with E-state index in [-0.39, 0.29) is 0 Å². The fraction of sp³-hybridized carbons (Fsp3) is 0.583. The van der Waals surface area contributed by atoms with Gasteiger partial charge in [0.15, 0.2) is 5.82 Å². The molecule has 2 aromatic heterocycles. The van der Waals surface area contributed by atoms with Crippen LogP contribution in [-0.2, 0) is 13.6 Å². The molecule has 7 heteroatoms. The Kier molecular flexibility index (Phi) is 3.31. The van der Waals surface area contributed by atoms with Crippen molar-refractivity contribution in [3.05, 3.63) is 17.7 Å². The number of hydrogen-bond acceptors (Lipinski definition) is 6. The third kappa shape index (κ3) is 2.66. The summed E-state index contributed by atoms with van der Waals surface area (Å²) in [5, 5.41) is 11.7. The summed E-state index contributed by atoms with van der Waals surface area (Å²) in [5.41, 5.74) is 1.81. The molecule has 3 heterocycles. The molecule has 1 N–H and O–H groups in total. The number of aryl methyl sites for hydroxylation is 2. The molecule has 0 radical (unpaired) electrons. The molecular formula is C12H18N6O. The number of rotatable bonds is 3. The lowest BCUT2D eigenvalue weighted by Gasteiger charge is -2.25. The van der Waals surface area contributed by atoms with Gasteiger partial charge < -0.3 is 9.84 Å². The normalized spacial score (nSPS) is 16.9. The number of nitrogens with zero attached hydrogens (tertiary/aromatic N) is 5. The van der Waals surface area contributed by atoms with Crippen LogP contribution in [0.15, 0.2) is 10.7 Å². The van der Waals surface area contributed by atoms with Crippen molar-refractivity contribution >= 4 is 0 Å². The molecule has 1 aliphatic rings. The Morgan fingerprint density at radius 1 is 1.37 bits per heavy atom. The molecule has 1 fully saturated rings. The highest BCUT2D eigenvalue weighted by atomic mass is 16.5. The van der Waals surface area contributed by atoms with E-state index in [4.69, 9.17) is 4.52 Å². The lowest BCUT2D eigenvalue weighted by molar-refractivity contribution is 0.225. The number of hydrogen-bond donors (Lipinski definition) is 1. The zero-order chi connectivity index (χ0) is 13.2. The summed E-state index contributed by atoms with van der Waals surface area (Å²) < 4.78 is 7.08. The van der Waals surface area contributed by atoms with E-state index in [9.17, 15) is 0 Å². The van der Waals surface area contributed by atoms with E-state index in [1.54, 1.807) is 4.68 Å². The molecule has 0 amide bonds. The van der Waals surface area contributed by atoms with Crippen molar-refractivity contribution < 1.29 is 4.52 Å². The molecule has 0 aromatic carbocycles. The average molecular weight is 262 g/mol. The number of aromatic nitrogens is 4. The first kappa shape index (κ1) is 12.3. The third-order valence-electron chi connectivity index (χ3n) is 3.29. The van der Waals surface area contributed by atoms with Crippen LogP contribution in [0.2, 0.25) is 0 Å². The standard InChI is InChI=1S/C12H18N6O/c1-9-10(7-17(2)15-9)12-14-11(16-19-12)8-18-5-3-13-4-6-18/h7,13H,3-6,8H2,1-2H3. The Morgan fingerprint density at radius 2 is 2.16 bits per heavy atom. The van der Waals surface area contributed by atoms with E-state index >= 15 is 0 Å². The first-order chi connectivity index (χ1) is 9.22. The molecule has 19 heavy (non-hydrogen) atoms. The SMILES string of the molecule is Cc1nn(C)cc1-c1nc(CN2CCNCC2)no1. The Morgan fingerprint density at radius 3 is 2.84 bits per heavy atom. The number of piperazine rings is 1. The Balaban J connectivity index is 1.74. The highest BCUT2D eigenvalue weighted by molar-refractivity contribution is 5.54. The fourth-order valence-electron chi connectivity index (χ4n) is 2.31. The van der Waals surface area contributed by atoms with Gasteiger partial charge in [0.05, 0.1) is 17.8 Å². The van der Waals surface area contributed by atoms with E-state index in [0.29, 0.717) is 5.89 Å². The molecule has 0 saturated carbocycles. The van der Waals surface area contributed by atoms with Crippen LogP contribution in [0.25, 0.3) is 11.5 Å². The second-order valence-corrected chi connectivity index (χ2v) is 4.84. The van der Waals surface area contributed by atoms with Crippen LogP contribution in [-0.4, -0.2) is 51.0 Å². The van der Waals surface area contributed by atoms with E-state index in [2.05, 4.69) is 25.5 Å². The summed E-state index contributed by atoms with van der Waals surface area (Å²) in [6, 6.07) is 0. The van der Waals surface area contributed by atoms with E-state index in [1.165, 1.54) is 0 Å². The van der Waals surface area contributed by atoms with Gasteiger partial charge in [-0.25, -0.2) is 0 Å². The van der Waals surface area contributed by atoms with Gasteiger partial charge in [0.25, 0.3) is 5.89 Å². The summed E-state index contributed by atoms with van der Waals surface area (Å²) in [5.74, 6) is 1.29. The average Bonchev–Trinajstić information content (AvgIpc) is 2.97. The number of nitrogens with one attached hydrogen (secondary N) is 1. The van der Waals surface area contributed by atoms with Gasteiger partial charge in [-0.3, -0.25) is 9.58 Å². The maximum atomic E-state index is 5.33. The van der Waals surface area contributed by atoms with Crippen molar-refractivity contribution in [3.63, 3.8) is 0 Å². The smallest absolute Gasteiger partial charge is 0.261 e. The van der Waals surface area contributed by atoms with Crippen LogP contribution in [0, 0.1) is 6.92 Å². The molecule has 3 rings (SSSR count). The second kappa shape index (κ2) is 5.10. The molecule has 1 saturated heterocycles. The maximum absolute atomic E-state index is 5.33. The van der Waals surface area contributed by atoms with Gasteiger partial charge >= 0.3 is 0 Å². The minimum absolute atomic E-state index is 0.552. The van der Waals surface area contributed by atoms with Gasteiger partial charge in [-0.1, -0.05) is 5.16 Å². The summed E-state index contributed by atoms with van der Waals surface area (Å²) >= 11 is 0. The van der Waals surface area contributed by atoms with Gasteiger partial charge in [-0.2, -0.15) is 10.1 Å². The van der Waals surface area contributed by atoms with Gasteiger partial charge in [-0.15, -0.1) is 0 Å². The Labute approximate surface area is 111 Å². The van der Waals surface area contributed by atoms with E-state index in [1.807, 2.05) is 20.2 Å². The van der Waals surface area contributed by atoms with Crippen molar-refractivity contribution in [2.45, 2.75) is 13.5 Å². The molecule has 1 aliphatic heterocycles. The fourth-order valence-corrected chi connectivity index (χ4v) is 2.31. The molecule has 102 valence electrons. The predicted octanol–water partition coefficient (Wildman–Crippen LogP) is 0.184. The zero-order valence-electron chi connectivity index (χ0n) is 11.3. The molecule has 0 aliphatic carbocycles. The highest BCUT2D eigenvalue weighted by Gasteiger charge is 2.17. The van der Waals surface area contributed by atoms with Crippen molar-refractivity contribution in [3.8, 4) is 11.5 Å². The maximum Gasteiger partial charge on any atom is 0.261 e. The van der Waals surface area contributed by atoms with Crippen LogP contribution < -0.4 is 5.32 Å². The topological polar surface area (TPSA) is 72.0 Å². The summed E-state index contributed by atoms with van der Waals surface area (Å²) in [4.78, 5) is 6.78. The van der Waals surface area contributed by atoms with Crippen molar-refractivity contribution in [1.82, 2.24) is 30.1 Å². The van der Waals surface area contributed by atoms with Gasteiger partial charge in [0.2, 0.25) is 0 Å². The van der Waals surface area contributed by atoms with Crippen LogP contribution in [0.4, 0.5) is 0 Å². The molecule has 0 spiro atoms. The van der Waals surface area contributed by atoms with Crippen molar-refractivity contribution in [2.24, 2.45) is 7.05 Å². The van der Waals surface area contributed by atoms with Crippen LogP contribution in [0.5, 0.6) is 0 Å². The summed E-state index contributed by atoms with van der Waals surface area (Å²) in [6.07, 6.45) is 1.90. The lowest BCUT2D eigenvalue weighted by Crippen LogP contribution is -2.43. The Hall–Kier alpha value is -1.73. The largest absolute Gasteiger partial charge is 0.334 e. The monoisotopic (exact) mass is 262 g/mol. The molecule has 7 nitrogen and oxygen atoms in total. The zero-order valence-corrected chi connectivity index (χ0v) is 11.3. The van der Waals surface area contributed by atoms with Crippen LogP contribution in [0.1, 0.15) is 11.5 Å². The first-order valence-electron chi connectivity index (χ1n) is 6.48. The van der Waals surface area contributed by atoms with Crippen LogP contribution in [0.3, 0.4) is 0 Å². The quantitative estimate of drug-likeness (QED) is 0.851. The molecule has 2 aromatic rings. The first-order valence-corrected chi connectivity index (χ1v) is 6.48. The molecule has 0 unspecified atom stereocenters. The molecule has 0 bridgehead atoms. The minimum atomic E-state index is 0.552. The van der Waals surface area contributed by atoms with Crippen LogP contribution >= 0.6 is 0 Å². The molecular weight excluding hydrogens is 244 g/mol.